The van der Waals surface area contributed by atoms with Crippen molar-refractivity contribution in [1.82, 2.24) is 0 Å². The average molecular weight is 202 g/mol. The van der Waals surface area contributed by atoms with E-state index in [1.54, 1.807) is 6.92 Å². The number of carbonyl (C=O) groups excluding carboxylic acids is 1. The number of benzene rings is 1. The second kappa shape index (κ2) is 4.61. The van der Waals surface area contributed by atoms with Crippen molar-refractivity contribution in [2.24, 2.45) is 0 Å². The first-order valence-electron chi connectivity index (χ1n) is 5.84. The van der Waals surface area contributed by atoms with Gasteiger partial charge in [-0.25, -0.2) is 0 Å². The Kier molecular flexibility index (Phi) is 3.20. The molecule has 0 N–H and O–H groups in total. The summed E-state index contributed by atoms with van der Waals surface area (Å²) in [6.07, 6.45) is 5.96. The minimum Gasteiger partial charge on any atom is -0.300 e. The van der Waals surface area contributed by atoms with E-state index in [0.717, 1.165) is 5.92 Å². The van der Waals surface area contributed by atoms with Gasteiger partial charge in [-0.2, -0.15) is 0 Å². The van der Waals surface area contributed by atoms with Crippen LogP contribution in [0.15, 0.2) is 24.3 Å². The topological polar surface area (TPSA) is 17.1 Å². The fourth-order valence-corrected chi connectivity index (χ4v) is 2.50. The van der Waals surface area contributed by atoms with Crippen LogP contribution < -0.4 is 0 Å². The monoisotopic (exact) mass is 202 g/mol. The van der Waals surface area contributed by atoms with Crippen LogP contribution in [0.1, 0.15) is 49.7 Å². The quantitative estimate of drug-likeness (QED) is 0.733. The van der Waals surface area contributed by atoms with E-state index in [2.05, 4.69) is 24.3 Å². The molecule has 15 heavy (non-hydrogen) atoms. The molecule has 2 rings (SSSR count). The predicted octanol–water partition coefficient (Wildman–Crippen LogP) is 3.48. The van der Waals surface area contributed by atoms with Gasteiger partial charge in [-0.15, -0.1) is 0 Å². The van der Waals surface area contributed by atoms with Crippen LogP contribution in [-0.4, -0.2) is 5.78 Å². The molecule has 1 aliphatic carbocycles. The first-order valence-corrected chi connectivity index (χ1v) is 5.84. The van der Waals surface area contributed by atoms with Gasteiger partial charge in [0.15, 0.2) is 0 Å². The summed E-state index contributed by atoms with van der Waals surface area (Å²) in [5.41, 5.74) is 2.61. The zero-order chi connectivity index (χ0) is 10.7. The van der Waals surface area contributed by atoms with Crippen LogP contribution in [0.25, 0.3) is 0 Å². The van der Waals surface area contributed by atoms with Gasteiger partial charge in [0.05, 0.1) is 0 Å². The normalized spacial score (nSPS) is 16.9. The van der Waals surface area contributed by atoms with Crippen LogP contribution in [0, 0.1) is 0 Å². The number of Topliss-reactive ketones (excluding diaryl/α,β-unsaturated/α-hetero) is 1. The molecule has 1 nitrogen and oxygen atoms in total. The van der Waals surface area contributed by atoms with E-state index in [1.807, 2.05) is 0 Å². The molecule has 0 aromatic heterocycles. The third kappa shape index (κ3) is 2.68. The van der Waals surface area contributed by atoms with Crippen molar-refractivity contribution in [2.75, 3.05) is 0 Å². The van der Waals surface area contributed by atoms with Crippen LogP contribution >= 0.6 is 0 Å². The summed E-state index contributed by atoms with van der Waals surface area (Å²) in [6, 6.07) is 8.57. The first-order chi connectivity index (χ1) is 7.25. The molecule has 0 heterocycles. The highest BCUT2D eigenvalue weighted by Crippen LogP contribution is 2.34. The molecule has 0 aliphatic heterocycles. The van der Waals surface area contributed by atoms with E-state index in [0.29, 0.717) is 6.42 Å². The van der Waals surface area contributed by atoms with Crippen molar-refractivity contribution in [2.45, 2.75) is 44.9 Å². The lowest BCUT2D eigenvalue weighted by Gasteiger charge is -2.10. The highest BCUT2D eigenvalue weighted by molar-refractivity contribution is 5.78. The number of ketones is 1. The fraction of sp³-hybridized carbons (Fsp3) is 0.500. The van der Waals surface area contributed by atoms with Crippen molar-refractivity contribution in [1.29, 1.82) is 0 Å². The van der Waals surface area contributed by atoms with Crippen molar-refractivity contribution in [3.05, 3.63) is 35.4 Å². The van der Waals surface area contributed by atoms with Crippen LogP contribution in [0.3, 0.4) is 0 Å². The summed E-state index contributed by atoms with van der Waals surface area (Å²) < 4.78 is 0. The van der Waals surface area contributed by atoms with Gasteiger partial charge in [-0.1, -0.05) is 37.1 Å². The third-order valence-corrected chi connectivity index (χ3v) is 3.23. The predicted molar refractivity (Wildman–Crippen MR) is 62.0 cm³/mol. The Bertz CT molecular complexity index is 348. The molecule has 0 saturated heterocycles. The lowest BCUT2D eigenvalue weighted by atomic mass is 9.95. The second-order valence-electron chi connectivity index (χ2n) is 4.61. The van der Waals surface area contributed by atoms with E-state index in [4.69, 9.17) is 0 Å². The summed E-state index contributed by atoms with van der Waals surface area (Å²) in [5, 5.41) is 0. The molecular weight excluding hydrogens is 184 g/mol. The molecule has 80 valence electrons. The maximum absolute atomic E-state index is 11.0. The molecule has 1 aromatic carbocycles. The second-order valence-corrected chi connectivity index (χ2v) is 4.61. The van der Waals surface area contributed by atoms with Gasteiger partial charge in [0.2, 0.25) is 0 Å². The van der Waals surface area contributed by atoms with Crippen molar-refractivity contribution >= 4 is 5.78 Å². The summed E-state index contributed by atoms with van der Waals surface area (Å²) in [5.74, 6) is 0.996. The van der Waals surface area contributed by atoms with E-state index >= 15 is 0 Å². The van der Waals surface area contributed by atoms with Crippen LogP contribution in [0.5, 0.6) is 0 Å². The molecule has 0 amide bonds. The zero-order valence-corrected chi connectivity index (χ0v) is 9.33. The Hall–Kier alpha value is -1.11. The highest BCUT2D eigenvalue weighted by Gasteiger charge is 2.16. The summed E-state index contributed by atoms with van der Waals surface area (Å²) in [7, 11) is 0. The maximum atomic E-state index is 11.0. The number of carbonyl (C=O) groups is 1. The Morgan fingerprint density at radius 3 is 2.73 bits per heavy atom. The maximum Gasteiger partial charge on any atom is 0.134 e. The lowest BCUT2D eigenvalue weighted by molar-refractivity contribution is -0.116. The van der Waals surface area contributed by atoms with Gasteiger partial charge in [0.25, 0.3) is 0 Å². The van der Waals surface area contributed by atoms with Crippen LogP contribution in [0.2, 0.25) is 0 Å². The Morgan fingerprint density at radius 1 is 1.33 bits per heavy atom. The Labute approximate surface area is 91.5 Å². The average Bonchev–Trinajstić information content (AvgIpc) is 2.69. The molecule has 0 atom stereocenters. The van der Waals surface area contributed by atoms with E-state index < -0.39 is 0 Å². The largest absolute Gasteiger partial charge is 0.300 e. The standard InChI is InChI=1S/C14H18O/c1-11(15)9-12-5-4-8-14(10-12)13-6-2-3-7-13/h4-5,8,10,13H,2-3,6-7,9H2,1H3. The van der Waals surface area contributed by atoms with Crippen LogP contribution in [0.4, 0.5) is 0 Å². The number of hydrogen-bond donors (Lipinski definition) is 0. The highest BCUT2D eigenvalue weighted by atomic mass is 16.1. The first kappa shape index (κ1) is 10.4. The third-order valence-electron chi connectivity index (χ3n) is 3.23. The van der Waals surface area contributed by atoms with E-state index in [-0.39, 0.29) is 5.78 Å². The molecule has 1 fully saturated rings. The minimum absolute atomic E-state index is 0.249. The summed E-state index contributed by atoms with van der Waals surface area (Å²) in [6.45, 7) is 1.66. The van der Waals surface area contributed by atoms with Gasteiger partial charge in [0, 0.05) is 6.42 Å². The van der Waals surface area contributed by atoms with Crippen molar-refractivity contribution < 1.29 is 4.79 Å². The zero-order valence-electron chi connectivity index (χ0n) is 9.33. The molecule has 0 radical (unpaired) electrons. The van der Waals surface area contributed by atoms with Crippen molar-refractivity contribution in [3.63, 3.8) is 0 Å². The van der Waals surface area contributed by atoms with E-state index in [1.165, 1.54) is 36.8 Å². The number of hydrogen-bond acceptors (Lipinski definition) is 1. The van der Waals surface area contributed by atoms with Gasteiger partial charge in [-0.3, -0.25) is 4.79 Å². The molecule has 1 aromatic rings. The van der Waals surface area contributed by atoms with E-state index in [9.17, 15) is 4.79 Å². The Morgan fingerprint density at radius 2 is 2.07 bits per heavy atom. The molecule has 0 unspecified atom stereocenters. The minimum atomic E-state index is 0.249. The number of rotatable bonds is 3. The molecular formula is C14H18O. The molecule has 1 saturated carbocycles. The lowest BCUT2D eigenvalue weighted by Crippen LogP contribution is -1.98. The summed E-state index contributed by atoms with van der Waals surface area (Å²) in [4.78, 5) is 11.0. The Balaban J connectivity index is 2.14. The molecule has 1 aliphatic rings. The van der Waals surface area contributed by atoms with Gasteiger partial charge in [-0.05, 0) is 36.8 Å². The van der Waals surface area contributed by atoms with Crippen molar-refractivity contribution in [3.8, 4) is 0 Å². The molecule has 1 heteroatoms. The van der Waals surface area contributed by atoms with Gasteiger partial charge in [0.1, 0.15) is 5.78 Å². The molecule has 0 spiro atoms. The van der Waals surface area contributed by atoms with Gasteiger partial charge < -0.3 is 0 Å². The SMILES string of the molecule is CC(=O)Cc1cccc(C2CCCC2)c1. The fourth-order valence-electron chi connectivity index (χ4n) is 2.50. The van der Waals surface area contributed by atoms with Crippen LogP contribution in [-0.2, 0) is 11.2 Å². The smallest absolute Gasteiger partial charge is 0.134 e. The van der Waals surface area contributed by atoms with Gasteiger partial charge >= 0.3 is 0 Å². The summed E-state index contributed by atoms with van der Waals surface area (Å²) >= 11 is 0. The molecule has 0 bridgehead atoms.